The highest BCUT2D eigenvalue weighted by molar-refractivity contribution is 6.74. The van der Waals surface area contributed by atoms with Crippen LogP contribution in [0.15, 0.2) is 36.7 Å². The zero-order valence-electron chi connectivity index (χ0n) is 27.4. The second kappa shape index (κ2) is 11.4. The smallest absolute Gasteiger partial charge is 0.414 e. The van der Waals surface area contributed by atoms with Crippen molar-refractivity contribution in [1.29, 1.82) is 5.26 Å². The first kappa shape index (κ1) is 32.2. The molecule has 0 aliphatic carbocycles. The minimum absolute atomic E-state index is 0.0185. The molecule has 0 saturated heterocycles. The predicted molar refractivity (Wildman–Crippen MR) is 172 cm³/mol. The Labute approximate surface area is 256 Å². The van der Waals surface area contributed by atoms with Crippen LogP contribution in [0.2, 0.25) is 18.1 Å². The summed E-state index contributed by atoms with van der Waals surface area (Å²) in [6, 6.07) is 10.0. The number of nitriles is 1. The van der Waals surface area contributed by atoms with Gasteiger partial charge in [-0.05, 0) is 76.5 Å². The Kier molecular flexibility index (Phi) is 8.52. The molecule has 43 heavy (non-hydrogen) atoms. The van der Waals surface area contributed by atoms with Gasteiger partial charge in [-0.25, -0.2) is 14.8 Å². The Balaban J connectivity index is 1.77. The highest BCUT2D eigenvalue weighted by atomic mass is 28.4. The molecule has 11 heteroatoms. The number of rotatable bonds is 7. The molecule has 3 aromatic rings. The van der Waals surface area contributed by atoms with E-state index in [-0.39, 0.29) is 11.1 Å². The fourth-order valence-electron chi connectivity index (χ4n) is 4.67. The van der Waals surface area contributed by atoms with E-state index in [4.69, 9.17) is 14.1 Å². The van der Waals surface area contributed by atoms with Crippen molar-refractivity contribution in [1.82, 2.24) is 19.7 Å². The Morgan fingerprint density at radius 1 is 1.19 bits per heavy atom. The van der Waals surface area contributed by atoms with Gasteiger partial charge in [-0.3, -0.25) is 9.58 Å². The number of hydrogen-bond acceptors (Lipinski definition) is 8. The van der Waals surface area contributed by atoms with Gasteiger partial charge < -0.3 is 14.5 Å². The number of hydrogen-bond donors (Lipinski definition) is 1. The van der Waals surface area contributed by atoms with Gasteiger partial charge in [0.25, 0.3) is 0 Å². The van der Waals surface area contributed by atoms with Gasteiger partial charge in [0.2, 0.25) is 5.95 Å². The maximum atomic E-state index is 13.5. The zero-order chi connectivity index (χ0) is 32.0. The summed E-state index contributed by atoms with van der Waals surface area (Å²) in [6.45, 7) is 23.5. The monoisotopic (exact) mass is 603 g/mol. The first-order chi connectivity index (χ1) is 19.8. The second-order valence-corrected chi connectivity index (χ2v) is 19.2. The van der Waals surface area contributed by atoms with E-state index < -0.39 is 25.4 Å². The molecule has 1 amide bonds. The third kappa shape index (κ3) is 6.91. The summed E-state index contributed by atoms with van der Waals surface area (Å²) in [5, 5.41) is 18.1. The number of ether oxygens (including phenoxy) is 1. The molecule has 0 bridgehead atoms. The van der Waals surface area contributed by atoms with Gasteiger partial charge in [0.15, 0.2) is 14.1 Å². The van der Waals surface area contributed by atoms with Crippen molar-refractivity contribution >= 4 is 31.9 Å². The van der Waals surface area contributed by atoms with Crippen molar-refractivity contribution in [3.8, 4) is 17.3 Å². The van der Waals surface area contributed by atoms with Crippen molar-refractivity contribution in [2.75, 3.05) is 23.4 Å². The number of benzene rings is 1. The van der Waals surface area contributed by atoms with Crippen molar-refractivity contribution in [3.05, 3.63) is 47.8 Å². The number of nitrogens with zero attached hydrogens (tertiary/aromatic N) is 6. The van der Waals surface area contributed by atoms with Crippen LogP contribution in [0.1, 0.15) is 79.5 Å². The van der Waals surface area contributed by atoms with Gasteiger partial charge in [-0.2, -0.15) is 10.4 Å². The quantitative estimate of drug-likeness (QED) is 0.275. The molecule has 1 atom stereocenters. The lowest BCUT2D eigenvalue weighted by atomic mass is 9.83. The van der Waals surface area contributed by atoms with Gasteiger partial charge in [-0.1, -0.05) is 27.7 Å². The minimum atomic E-state index is -2.11. The van der Waals surface area contributed by atoms with E-state index in [0.29, 0.717) is 41.9 Å². The fraction of sp³-hybridized carbons (Fsp3) is 0.531. The first-order valence-electron chi connectivity index (χ1n) is 14.7. The Hall–Kier alpha value is -3.75. The van der Waals surface area contributed by atoms with Gasteiger partial charge in [0.05, 0.1) is 16.9 Å². The molecular weight excluding hydrogens is 558 g/mol. The van der Waals surface area contributed by atoms with E-state index in [0.717, 1.165) is 11.1 Å². The third-order valence-corrected chi connectivity index (χ3v) is 12.6. The largest absolute Gasteiger partial charge is 0.443 e. The van der Waals surface area contributed by atoms with E-state index in [9.17, 15) is 10.1 Å². The summed E-state index contributed by atoms with van der Waals surface area (Å²) >= 11 is 0. The molecule has 230 valence electrons. The molecule has 1 aliphatic rings. The molecular formula is C32H45N7O3Si. The van der Waals surface area contributed by atoms with Gasteiger partial charge in [-0.15, -0.1) is 0 Å². The summed E-state index contributed by atoms with van der Waals surface area (Å²) in [5.74, 6) is 1.03. The minimum Gasteiger partial charge on any atom is -0.443 e. The molecule has 1 unspecified atom stereocenters. The molecule has 0 spiro atoms. The maximum Gasteiger partial charge on any atom is 0.414 e. The molecule has 0 saturated carbocycles. The lowest BCUT2D eigenvalue weighted by Crippen LogP contribution is -2.46. The molecule has 4 rings (SSSR count). The summed E-state index contributed by atoms with van der Waals surface area (Å²) in [5.41, 5.74) is 1.92. The van der Waals surface area contributed by atoms with Crippen LogP contribution in [-0.4, -0.2) is 52.9 Å². The first-order valence-corrected chi connectivity index (χ1v) is 17.6. The maximum absolute atomic E-state index is 13.5. The van der Waals surface area contributed by atoms with Crippen LogP contribution in [0.4, 0.5) is 22.2 Å². The number of anilines is 3. The lowest BCUT2D eigenvalue weighted by molar-refractivity contribution is 0.0575. The normalized spacial score (nSPS) is 17.1. The Morgan fingerprint density at radius 3 is 2.47 bits per heavy atom. The Bertz CT molecular complexity index is 1550. The number of aromatic nitrogens is 4. The molecule has 1 N–H and O–H groups in total. The summed E-state index contributed by atoms with van der Waals surface area (Å²) in [6.07, 6.45) is 3.10. The van der Waals surface area contributed by atoms with Gasteiger partial charge >= 0.3 is 6.09 Å². The number of carbonyl (C=O) groups excluding carboxylic acids is 1. The average Bonchev–Trinajstić information content (AvgIpc) is 3.49. The number of carbonyl (C=O) groups is 1. The van der Waals surface area contributed by atoms with Gasteiger partial charge in [0, 0.05) is 48.6 Å². The van der Waals surface area contributed by atoms with Crippen LogP contribution in [-0.2, 0) is 14.6 Å². The molecule has 1 aromatic carbocycles. The second-order valence-electron chi connectivity index (χ2n) is 14.4. The summed E-state index contributed by atoms with van der Waals surface area (Å²) < 4.78 is 14.4. The molecule has 0 radical (unpaired) electrons. The van der Waals surface area contributed by atoms with Crippen LogP contribution < -0.4 is 10.2 Å². The standard InChI is InChI=1S/C32H45N7O3Si/c1-21(2)39-15-13-26(37-39)36-28-34-14-12-25(35-28)22-16-23(18-33)27-24(17-22)32(9,20-41-43(10,11)31(6,7)8)19-38(27)29(40)42-30(3,4)5/h12-17,21H,19-20H2,1-11H3,(H,34,35,36,37). The van der Waals surface area contributed by atoms with Crippen LogP contribution >= 0.6 is 0 Å². The van der Waals surface area contributed by atoms with E-state index in [1.807, 2.05) is 49.8 Å². The van der Waals surface area contributed by atoms with E-state index in [2.05, 4.69) is 76.1 Å². The van der Waals surface area contributed by atoms with E-state index in [1.165, 1.54) is 0 Å². The molecule has 1 aliphatic heterocycles. The highest BCUT2D eigenvalue weighted by Crippen LogP contribution is 2.47. The number of amides is 1. The lowest BCUT2D eigenvalue weighted by Gasteiger charge is -2.39. The summed E-state index contributed by atoms with van der Waals surface area (Å²) in [7, 11) is -2.11. The van der Waals surface area contributed by atoms with Crippen molar-refractivity contribution in [3.63, 3.8) is 0 Å². The van der Waals surface area contributed by atoms with Gasteiger partial charge in [0.1, 0.15) is 11.7 Å². The molecule has 0 fully saturated rings. The van der Waals surface area contributed by atoms with Crippen molar-refractivity contribution in [2.45, 2.75) is 97.5 Å². The average molecular weight is 604 g/mol. The van der Waals surface area contributed by atoms with Crippen LogP contribution in [0, 0.1) is 11.3 Å². The zero-order valence-corrected chi connectivity index (χ0v) is 28.4. The van der Waals surface area contributed by atoms with E-state index in [1.54, 1.807) is 17.2 Å². The van der Waals surface area contributed by atoms with Crippen molar-refractivity contribution in [2.24, 2.45) is 0 Å². The molecule has 3 heterocycles. The number of nitrogens with one attached hydrogen (secondary N) is 1. The Morgan fingerprint density at radius 2 is 1.88 bits per heavy atom. The summed E-state index contributed by atoms with van der Waals surface area (Å²) in [4.78, 5) is 24.2. The number of fused-ring (bicyclic) bond motifs is 1. The predicted octanol–water partition coefficient (Wildman–Crippen LogP) is 7.57. The molecule has 10 nitrogen and oxygen atoms in total. The highest BCUT2D eigenvalue weighted by Gasteiger charge is 2.47. The van der Waals surface area contributed by atoms with Crippen LogP contribution in [0.3, 0.4) is 0 Å². The van der Waals surface area contributed by atoms with E-state index >= 15 is 0 Å². The fourth-order valence-corrected chi connectivity index (χ4v) is 5.78. The van der Waals surface area contributed by atoms with Crippen LogP contribution in [0.5, 0.6) is 0 Å². The third-order valence-electron chi connectivity index (χ3n) is 8.16. The SMILES string of the molecule is CC(C)n1ccc(Nc2nccc(-c3cc(C#N)c4c(c3)C(C)(CO[Si](C)(C)C(C)(C)C)CN4C(=O)OC(C)(C)C)n2)n1. The molecule has 2 aromatic heterocycles. The van der Waals surface area contributed by atoms with Crippen molar-refractivity contribution < 1.29 is 14.0 Å². The topological polar surface area (TPSA) is 118 Å². The van der Waals surface area contributed by atoms with Crippen LogP contribution in [0.25, 0.3) is 11.3 Å².